The molecule has 170 valence electrons. The van der Waals surface area contributed by atoms with Gasteiger partial charge in [-0.25, -0.2) is 0 Å². The molecule has 2 aromatic carbocycles. The lowest BCUT2D eigenvalue weighted by molar-refractivity contribution is -0.137. The second-order valence-electron chi connectivity index (χ2n) is 8.31. The highest BCUT2D eigenvalue weighted by Gasteiger charge is 2.34. The Morgan fingerprint density at radius 2 is 1.59 bits per heavy atom. The first-order chi connectivity index (χ1) is 15.3. The molecule has 0 aromatic heterocycles. The molecule has 0 aliphatic carbocycles. The van der Waals surface area contributed by atoms with E-state index in [1.54, 1.807) is 41.3 Å². The minimum atomic E-state index is -4.35. The SMILES string of the molecule is O=C(C(=O)N1CCC[C@H](N2CCN(c3cccc(C(F)(F)F)c3)CC2)C1)c1ccccc1. The number of nitrogens with zero attached hydrogens (tertiary/aromatic N) is 3. The van der Waals surface area contributed by atoms with Gasteiger partial charge in [0.2, 0.25) is 5.78 Å². The third-order valence-electron chi connectivity index (χ3n) is 6.28. The maximum atomic E-state index is 13.0. The summed E-state index contributed by atoms with van der Waals surface area (Å²) in [6, 6.07) is 14.2. The second kappa shape index (κ2) is 9.32. The number of amides is 1. The molecular weight excluding hydrogens is 419 g/mol. The molecule has 8 heteroatoms. The number of piperazine rings is 1. The van der Waals surface area contributed by atoms with Crippen LogP contribution in [0.4, 0.5) is 18.9 Å². The Hall–Kier alpha value is -2.87. The molecule has 1 atom stereocenters. The minimum absolute atomic E-state index is 0.153. The normalized spacial score (nSPS) is 20.3. The molecule has 4 rings (SSSR count). The van der Waals surface area contributed by atoms with Gasteiger partial charge in [0.15, 0.2) is 0 Å². The number of hydrogen-bond acceptors (Lipinski definition) is 4. The van der Waals surface area contributed by atoms with Crippen LogP contribution in [0.2, 0.25) is 0 Å². The molecule has 2 heterocycles. The molecule has 0 unspecified atom stereocenters. The number of anilines is 1. The molecule has 2 saturated heterocycles. The summed E-state index contributed by atoms with van der Waals surface area (Å²) in [5.74, 6) is -0.955. The number of piperidine rings is 1. The van der Waals surface area contributed by atoms with Crippen molar-refractivity contribution in [2.45, 2.75) is 25.1 Å². The number of ketones is 1. The van der Waals surface area contributed by atoms with Crippen LogP contribution in [0.15, 0.2) is 54.6 Å². The number of rotatable bonds is 4. The number of carbonyl (C=O) groups excluding carboxylic acids is 2. The van der Waals surface area contributed by atoms with E-state index in [1.807, 2.05) is 4.90 Å². The highest BCUT2D eigenvalue weighted by atomic mass is 19.4. The summed E-state index contributed by atoms with van der Waals surface area (Å²) in [5.41, 5.74) is 0.338. The molecule has 0 saturated carbocycles. The van der Waals surface area contributed by atoms with Crippen molar-refractivity contribution in [3.8, 4) is 0 Å². The molecule has 0 radical (unpaired) electrons. The predicted octanol–water partition coefficient (Wildman–Crippen LogP) is 3.70. The van der Waals surface area contributed by atoms with E-state index in [2.05, 4.69) is 4.90 Å². The summed E-state index contributed by atoms with van der Waals surface area (Å²) in [4.78, 5) is 31.2. The van der Waals surface area contributed by atoms with Crippen molar-refractivity contribution in [2.24, 2.45) is 0 Å². The molecule has 0 bridgehead atoms. The first-order valence-corrected chi connectivity index (χ1v) is 10.9. The molecule has 2 aliphatic rings. The van der Waals surface area contributed by atoms with Gasteiger partial charge in [-0.1, -0.05) is 36.4 Å². The largest absolute Gasteiger partial charge is 0.416 e. The summed E-state index contributed by atoms with van der Waals surface area (Å²) >= 11 is 0. The monoisotopic (exact) mass is 445 g/mol. The number of hydrogen-bond donors (Lipinski definition) is 0. The summed E-state index contributed by atoms with van der Waals surface area (Å²) in [5, 5.41) is 0. The van der Waals surface area contributed by atoms with Gasteiger partial charge in [0, 0.05) is 56.6 Å². The number of halogens is 3. The predicted molar refractivity (Wildman–Crippen MR) is 116 cm³/mol. The quantitative estimate of drug-likeness (QED) is 0.532. The maximum absolute atomic E-state index is 13.0. The summed E-state index contributed by atoms with van der Waals surface area (Å²) < 4.78 is 39.1. The van der Waals surface area contributed by atoms with Gasteiger partial charge in [0.1, 0.15) is 0 Å². The first-order valence-electron chi connectivity index (χ1n) is 10.9. The highest BCUT2D eigenvalue weighted by molar-refractivity contribution is 6.42. The minimum Gasteiger partial charge on any atom is -0.369 e. The van der Waals surface area contributed by atoms with Crippen LogP contribution in [0.5, 0.6) is 0 Å². The van der Waals surface area contributed by atoms with Crippen molar-refractivity contribution in [3.05, 3.63) is 65.7 Å². The Kier molecular flexibility index (Phi) is 6.50. The van der Waals surface area contributed by atoms with Gasteiger partial charge in [-0.05, 0) is 31.0 Å². The van der Waals surface area contributed by atoms with Gasteiger partial charge in [0.05, 0.1) is 5.56 Å². The van der Waals surface area contributed by atoms with Crippen molar-refractivity contribution in [2.75, 3.05) is 44.2 Å². The Balaban J connectivity index is 1.35. The Labute approximate surface area is 185 Å². The smallest absolute Gasteiger partial charge is 0.369 e. The lowest BCUT2D eigenvalue weighted by Gasteiger charge is -2.43. The third kappa shape index (κ3) is 4.96. The fraction of sp³-hybridized carbons (Fsp3) is 0.417. The van der Waals surface area contributed by atoms with E-state index in [0.717, 1.165) is 18.9 Å². The molecule has 2 fully saturated rings. The number of carbonyl (C=O) groups is 2. The zero-order valence-electron chi connectivity index (χ0n) is 17.7. The average Bonchev–Trinajstić information content (AvgIpc) is 2.83. The van der Waals surface area contributed by atoms with E-state index >= 15 is 0 Å². The van der Waals surface area contributed by atoms with E-state index in [0.29, 0.717) is 50.5 Å². The van der Waals surface area contributed by atoms with E-state index in [-0.39, 0.29) is 6.04 Å². The molecule has 2 aliphatic heterocycles. The average molecular weight is 445 g/mol. The van der Waals surface area contributed by atoms with Gasteiger partial charge in [-0.2, -0.15) is 13.2 Å². The first kappa shape index (κ1) is 22.3. The number of likely N-dealkylation sites (tertiary alicyclic amines) is 1. The summed E-state index contributed by atoms with van der Waals surface area (Å²) in [6.45, 7) is 3.72. The molecular formula is C24H26F3N3O2. The Bertz CT molecular complexity index is 956. The van der Waals surface area contributed by atoms with E-state index < -0.39 is 23.4 Å². The fourth-order valence-corrected chi connectivity index (χ4v) is 4.52. The third-order valence-corrected chi connectivity index (χ3v) is 6.28. The molecule has 32 heavy (non-hydrogen) atoms. The van der Waals surface area contributed by atoms with Crippen LogP contribution in [0.1, 0.15) is 28.8 Å². The molecule has 2 aromatic rings. The fourth-order valence-electron chi connectivity index (χ4n) is 4.52. The second-order valence-corrected chi connectivity index (χ2v) is 8.31. The van der Waals surface area contributed by atoms with Gasteiger partial charge >= 0.3 is 6.18 Å². The Morgan fingerprint density at radius 1 is 0.875 bits per heavy atom. The van der Waals surface area contributed by atoms with E-state index in [4.69, 9.17) is 0 Å². The van der Waals surface area contributed by atoms with Crippen molar-refractivity contribution >= 4 is 17.4 Å². The van der Waals surface area contributed by atoms with E-state index in [1.165, 1.54) is 12.1 Å². The lowest BCUT2D eigenvalue weighted by atomic mass is 10.0. The maximum Gasteiger partial charge on any atom is 0.416 e. The number of Topliss-reactive ketones (excluding diaryl/α,β-unsaturated/α-hetero) is 1. The zero-order valence-corrected chi connectivity index (χ0v) is 17.7. The topological polar surface area (TPSA) is 43.9 Å². The summed E-state index contributed by atoms with van der Waals surface area (Å²) in [7, 11) is 0. The van der Waals surface area contributed by atoms with Crippen LogP contribution in [0.3, 0.4) is 0 Å². The number of benzene rings is 2. The molecule has 1 amide bonds. The molecule has 0 spiro atoms. The van der Waals surface area contributed by atoms with Crippen LogP contribution in [-0.4, -0.2) is 66.8 Å². The highest BCUT2D eigenvalue weighted by Crippen LogP contribution is 2.32. The van der Waals surface area contributed by atoms with Gasteiger partial charge in [-0.15, -0.1) is 0 Å². The van der Waals surface area contributed by atoms with Crippen LogP contribution in [0, 0.1) is 0 Å². The zero-order chi connectivity index (χ0) is 22.7. The lowest BCUT2D eigenvalue weighted by Crippen LogP contribution is -2.56. The van der Waals surface area contributed by atoms with Crippen LogP contribution in [0.25, 0.3) is 0 Å². The van der Waals surface area contributed by atoms with Crippen LogP contribution >= 0.6 is 0 Å². The van der Waals surface area contributed by atoms with Gasteiger partial charge in [-0.3, -0.25) is 14.5 Å². The van der Waals surface area contributed by atoms with Crippen LogP contribution in [-0.2, 0) is 11.0 Å². The molecule has 5 nitrogen and oxygen atoms in total. The van der Waals surface area contributed by atoms with Crippen LogP contribution < -0.4 is 4.90 Å². The van der Waals surface area contributed by atoms with Gasteiger partial charge < -0.3 is 9.80 Å². The van der Waals surface area contributed by atoms with E-state index in [9.17, 15) is 22.8 Å². The van der Waals surface area contributed by atoms with Gasteiger partial charge in [0.25, 0.3) is 5.91 Å². The Morgan fingerprint density at radius 3 is 2.28 bits per heavy atom. The van der Waals surface area contributed by atoms with Crippen molar-refractivity contribution in [1.29, 1.82) is 0 Å². The van der Waals surface area contributed by atoms with Crippen molar-refractivity contribution in [1.82, 2.24) is 9.80 Å². The number of alkyl halides is 3. The van der Waals surface area contributed by atoms with Crippen molar-refractivity contribution < 1.29 is 22.8 Å². The van der Waals surface area contributed by atoms with Crippen molar-refractivity contribution in [3.63, 3.8) is 0 Å². The molecule has 0 N–H and O–H groups in total. The standard InChI is InChI=1S/C24H26F3N3O2/c25-24(26,27)19-8-4-9-20(16-19)28-12-14-29(15-13-28)21-10-5-11-30(17-21)23(32)22(31)18-6-2-1-3-7-18/h1-4,6-9,16,21H,5,10-15,17H2/t21-/m0/s1. The summed E-state index contributed by atoms with van der Waals surface area (Å²) in [6.07, 6.45) is -2.59.